The van der Waals surface area contributed by atoms with Gasteiger partial charge in [0.15, 0.2) is 0 Å². The van der Waals surface area contributed by atoms with Crippen molar-refractivity contribution in [2.75, 3.05) is 0 Å². The van der Waals surface area contributed by atoms with Crippen molar-refractivity contribution >= 4 is 11.9 Å². The molecule has 4 nitrogen and oxygen atoms in total. The Morgan fingerprint density at radius 1 is 1.00 bits per heavy atom. The summed E-state index contributed by atoms with van der Waals surface area (Å²) < 4.78 is 0. The molecule has 0 radical (unpaired) electrons. The third-order valence-electron chi connectivity index (χ3n) is 2.38. The summed E-state index contributed by atoms with van der Waals surface area (Å²) in [5.74, 6) is -2.39. The highest BCUT2D eigenvalue weighted by molar-refractivity contribution is 5.85. The van der Waals surface area contributed by atoms with Crippen LogP contribution in [-0.2, 0) is 9.59 Å². The van der Waals surface area contributed by atoms with Gasteiger partial charge >= 0.3 is 11.9 Å². The molecule has 0 saturated heterocycles. The van der Waals surface area contributed by atoms with E-state index in [4.69, 9.17) is 10.2 Å². The summed E-state index contributed by atoms with van der Waals surface area (Å²) in [6, 6.07) is 0. The second kappa shape index (κ2) is 2.09. The summed E-state index contributed by atoms with van der Waals surface area (Å²) in [4.78, 5) is 20.8. The number of aliphatic carboxylic acids is 2. The molecule has 0 heterocycles. The highest BCUT2D eigenvalue weighted by Gasteiger charge is 2.48. The molecule has 2 atom stereocenters. The molecule has 2 unspecified atom stereocenters. The van der Waals surface area contributed by atoms with Crippen LogP contribution in [0.2, 0.25) is 0 Å². The molecule has 2 saturated carbocycles. The van der Waals surface area contributed by atoms with E-state index in [1.54, 1.807) is 0 Å². The summed E-state index contributed by atoms with van der Waals surface area (Å²) in [7, 11) is 0. The normalized spacial score (nSPS) is 37.7. The molecule has 0 aromatic carbocycles. The van der Waals surface area contributed by atoms with Gasteiger partial charge in [0, 0.05) is 0 Å². The van der Waals surface area contributed by atoms with E-state index in [0.29, 0.717) is 12.8 Å². The number of rotatable bonds is 2. The summed E-state index contributed by atoms with van der Waals surface area (Å²) in [5, 5.41) is 17.1. The minimum absolute atomic E-state index is 0.371. The topological polar surface area (TPSA) is 74.6 Å². The fraction of sp³-hybridized carbons (Fsp3) is 0.500. The first-order chi connectivity index (χ1) is 5.61. The van der Waals surface area contributed by atoms with Gasteiger partial charge in [-0.15, -0.1) is 0 Å². The lowest BCUT2D eigenvalue weighted by Gasteiger charge is -1.81. The maximum absolute atomic E-state index is 10.4. The van der Waals surface area contributed by atoms with Crippen LogP contribution in [0.25, 0.3) is 0 Å². The molecule has 0 aromatic rings. The molecule has 2 aliphatic carbocycles. The van der Waals surface area contributed by atoms with Gasteiger partial charge < -0.3 is 10.2 Å². The zero-order valence-corrected chi connectivity index (χ0v) is 6.28. The molecule has 0 amide bonds. The largest absolute Gasteiger partial charge is 0.481 e. The lowest BCUT2D eigenvalue weighted by Crippen LogP contribution is -1.97. The van der Waals surface area contributed by atoms with E-state index >= 15 is 0 Å². The van der Waals surface area contributed by atoms with Gasteiger partial charge in [-0.3, -0.25) is 9.59 Å². The van der Waals surface area contributed by atoms with Gasteiger partial charge in [-0.05, 0) is 12.8 Å². The number of carbonyl (C=O) groups is 2. The van der Waals surface area contributed by atoms with Gasteiger partial charge in [0.05, 0.1) is 11.8 Å². The summed E-state index contributed by atoms with van der Waals surface area (Å²) >= 11 is 0. The van der Waals surface area contributed by atoms with E-state index in [1.807, 2.05) is 0 Å². The van der Waals surface area contributed by atoms with Crippen molar-refractivity contribution in [1.82, 2.24) is 0 Å². The number of carboxylic acids is 2. The number of carboxylic acid groups (broad SMARTS) is 2. The Kier molecular flexibility index (Phi) is 1.28. The first-order valence-corrected chi connectivity index (χ1v) is 3.78. The molecule has 0 aromatic heterocycles. The van der Waals surface area contributed by atoms with Gasteiger partial charge in [-0.2, -0.15) is 0 Å². The average Bonchev–Trinajstić information content (AvgIpc) is 2.82. The first kappa shape index (κ1) is 7.34. The number of hydrogen-bond donors (Lipinski definition) is 2. The molecular formula is C8H8O4. The lowest BCUT2D eigenvalue weighted by molar-refractivity contribution is -0.139. The lowest BCUT2D eigenvalue weighted by atomic mass is 10.3. The molecule has 4 heteroatoms. The first-order valence-electron chi connectivity index (χ1n) is 3.78. The fourth-order valence-corrected chi connectivity index (χ4v) is 1.50. The Hall–Kier alpha value is -1.32. The van der Waals surface area contributed by atoms with E-state index < -0.39 is 11.9 Å². The molecular weight excluding hydrogens is 160 g/mol. The second-order valence-electron chi connectivity index (χ2n) is 3.24. The zero-order chi connectivity index (χ0) is 8.88. The van der Waals surface area contributed by atoms with Gasteiger partial charge in [-0.25, -0.2) is 0 Å². The predicted molar refractivity (Wildman–Crippen MR) is 38.5 cm³/mol. The van der Waals surface area contributed by atoms with Gasteiger partial charge in [-0.1, -0.05) is 11.1 Å². The maximum Gasteiger partial charge on any atom is 0.310 e. The molecule has 2 N–H and O–H groups in total. The quantitative estimate of drug-likeness (QED) is 0.588. The van der Waals surface area contributed by atoms with Gasteiger partial charge in [0.25, 0.3) is 0 Å². The van der Waals surface area contributed by atoms with Crippen molar-refractivity contribution in [1.29, 1.82) is 0 Å². The maximum atomic E-state index is 10.4. The van der Waals surface area contributed by atoms with Crippen molar-refractivity contribution in [2.24, 2.45) is 11.8 Å². The van der Waals surface area contributed by atoms with E-state index in [2.05, 4.69) is 0 Å². The van der Waals surface area contributed by atoms with Crippen LogP contribution in [0.3, 0.4) is 0 Å². The highest BCUT2D eigenvalue weighted by atomic mass is 16.4. The van der Waals surface area contributed by atoms with Crippen molar-refractivity contribution in [3.05, 3.63) is 11.1 Å². The van der Waals surface area contributed by atoms with E-state index in [0.717, 1.165) is 11.1 Å². The van der Waals surface area contributed by atoms with Crippen molar-refractivity contribution < 1.29 is 19.8 Å². The third kappa shape index (κ3) is 0.995. The van der Waals surface area contributed by atoms with Gasteiger partial charge in [0.1, 0.15) is 0 Å². The van der Waals surface area contributed by atoms with Crippen molar-refractivity contribution in [3.8, 4) is 0 Å². The van der Waals surface area contributed by atoms with Crippen LogP contribution in [0.15, 0.2) is 11.1 Å². The van der Waals surface area contributed by atoms with Crippen molar-refractivity contribution in [2.45, 2.75) is 12.8 Å². The van der Waals surface area contributed by atoms with Crippen LogP contribution in [-0.4, -0.2) is 22.2 Å². The zero-order valence-electron chi connectivity index (χ0n) is 6.28. The summed E-state index contributed by atoms with van der Waals surface area (Å²) in [6.07, 6.45) is 1.13. The Morgan fingerprint density at radius 3 is 1.50 bits per heavy atom. The van der Waals surface area contributed by atoms with E-state index in [1.165, 1.54) is 0 Å². The highest BCUT2D eigenvalue weighted by Crippen LogP contribution is 2.52. The predicted octanol–water partition coefficient (Wildman–Crippen LogP) is 0.492. The van der Waals surface area contributed by atoms with Crippen molar-refractivity contribution in [3.63, 3.8) is 0 Å². The van der Waals surface area contributed by atoms with Crippen LogP contribution in [0.1, 0.15) is 12.8 Å². The van der Waals surface area contributed by atoms with Crippen LogP contribution < -0.4 is 0 Å². The standard InChI is InChI=1S/C8H8O4/c9-7(10)5-1-3(5)4-2-6(4)8(11)12/h5-6H,1-2H2,(H,9,10)(H,11,12)/b4-3-. The number of hydrogen-bond acceptors (Lipinski definition) is 2. The molecule has 2 rings (SSSR count). The molecule has 0 aliphatic heterocycles. The van der Waals surface area contributed by atoms with Crippen LogP contribution in [0, 0.1) is 11.8 Å². The Bertz CT molecular complexity index is 272. The third-order valence-corrected chi connectivity index (χ3v) is 2.38. The Morgan fingerprint density at radius 2 is 1.33 bits per heavy atom. The minimum Gasteiger partial charge on any atom is -0.481 e. The van der Waals surface area contributed by atoms with E-state index in [-0.39, 0.29) is 11.8 Å². The molecule has 0 bridgehead atoms. The monoisotopic (exact) mass is 168 g/mol. The van der Waals surface area contributed by atoms with Crippen LogP contribution in [0.4, 0.5) is 0 Å². The summed E-state index contributed by atoms with van der Waals surface area (Å²) in [6.45, 7) is 0. The molecule has 2 aliphatic rings. The van der Waals surface area contributed by atoms with Crippen LogP contribution >= 0.6 is 0 Å². The molecule has 12 heavy (non-hydrogen) atoms. The SMILES string of the molecule is O=C(O)C1C/C1=C1\CC1C(=O)O. The Balaban J connectivity index is 2.06. The van der Waals surface area contributed by atoms with Gasteiger partial charge in [0.2, 0.25) is 0 Å². The van der Waals surface area contributed by atoms with E-state index in [9.17, 15) is 9.59 Å². The summed E-state index contributed by atoms with van der Waals surface area (Å²) in [5.41, 5.74) is 1.71. The average molecular weight is 168 g/mol. The molecule has 0 spiro atoms. The molecule has 64 valence electrons. The molecule has 2 fully saturated rings. The minimum atomic E-state index is -0.825. The Labute approximate surface area is 68.5 Å². The second-order valence-corrected chi connectivity index (χ2v) is 3.24. The smallest absolute Gasteiger partial charge is 0.310 e. The fourth-order valence-electron chi connectivity index (χ4n) is 1.50. The van der Waals surface area contributed by atoms with Crippen LogP contribution in [0.5, 0.6) is 0 Å².